The van der Waals surface area contributed by atoms with E-state index in [9.17, 15) is 0 Å². The Morgan fingerprint density at radius 2 is 2.00 bits per heavy atom. The molecule has 2 rings (SSSR count). The van der Waals surface area contributed by atoms with Crippen molar-refractivity contribution in [3.8, 4) is 0 Å². The number of aryl methyl sites for hydroxylation is 1. The quantitative estimate of drug-likeness (QED) is 0.774. The summed E-state index contributed by atoms with van der Waals surface area (Å²) in [6.45, 7) is 8.70. The first-order chi connectivity index (χ1) is 9.79. The fourth-order valence-corrected chi connectivity index (χ4v) is 2.86. The van der Waals surface area contributed by atoms with E-state index in [-0.39, 0.29) is 0 Å². The van der Waals surface area contributed by atoms with Gasteiger partial charge < -0.3 is 10.1 Å². The Balaban J connectivity index is 1.68. The van der Waals surface area contributed by atoms with E-state index in [2.05, 4.69) is 41.4 Å². The molecule has 20 heavy (non-hydrogen) atoms. The van der Waals surface area contributed by atoms with Crippen LogP contribution in [-0.2, 0) is 11.3 Å². The molecule has 1 saturated heterocycles. The SMILES string of the molecule is COCCNCC1CCN(Cc2ccccc2C)CC1. The summed E-state index contributed by atoms with van der Waals surface area (Å²) in [6.07, 6.45) is 2.62. The molecule has 0 amide bonds. The summed E-state index contributed by atoms with van der Waals surface area (Å²) < 4.78 is 5.06. The van der Waals surface area contributed by atoms with Gasteiger partial charge in [0.1, 0.15) is 0 Å². The number of hydrogen-bond acceptors (Lipinski definition) is 3. The third kappa shape index (κ3) is 4.89. The van der Waals surface area contributed by atoms with Crippen molar-refractivity contribution in [2.24, 2.45) is 5.92 Å². The maximum Gasteiger partial charge on any atom is 0.0587 e. The molecule has 0 radical (unpaired) electrons. The molecule has 112 valence electrons. The van der Waals surface area contributed by atoms with Gasteiger partial charge in [0, 0.05) is 20.2 Å². The first kappa shape index (κ1) is 15.5. The first-order valence-corrected chi connectivity index (χ1v) is 7.76. The lowest BCUT2D eigenvalue weighted by Gasteiger charge is -2.32. The molecular formula is C17H28N2O. The molecule has 1 aliphatic heterocycles. The minimum atomic E-state index is 0.812. The molecule has 3 heteroatoms. The highest BCUT2D eigenvalue weighted by Gasteiger charge is 2.19. The van der Waals surface area contributed by atoms with Gasteiger partial charge in [0.2, 0.25) is 0 Å². The lowest BCUT2D eigenvalue weighted by molar-refractivity contribution is 0.168. The van der Waals surface area contributed by atoms with Gasteiger partial charge in [-0.1, -0.05) is 24.3 Å². The third-order valence-corrected chi connectivity index (χ3v) is 4.28. The summed E-state index contributed by atoms with van der Waals surface area (Å²) in [5.41, 5.74) is 2.89. The van der Waals surface area contributed by atoms with Crippen molar-refractivity contribution in [3.05, 3.63) is 35.4 Å². The number of likely N-dealkylation sites (tertiary alicyclic amines) is 1. The Hall–Kier alpha value is -0.900. The van der Waals surface area contributed by atoms with E-state index in [4.69, 9.17) is 4.74 Å². The summed E-state index contributed by atoms with van der Waals surface area (Å²) in [5.74, 6) is 0.833. The van der Waals surface area contributed by atoms with Gasteiger partial charge in [0.05, 0.1) is 6.61 Å². The van der Waals surface area contributed by atoms with Crippen LogP contribution in [0.5, 0.6) is 0 Å². The smallest absolute Gasteiger partial charge is 0.0587 e. The average Bonchev–Trinajstić information content (AvgIpc) is 2.48. The molecule has 0 spiro atoms. The normalized spacial score (nSPS) is 17.5. The first-order valence-electron chi connectivity index (χ1n) is 7.76. The third-order valence-electron chi connectivity index (χ3n) is 4.28. The lowest BCUT2D eigenvalue weighted by Crippen LogP contribution is -2.37. The lowest BCUT2D eigenvalue weighted by atomic mass is 9.96. The highest BCUT2D eigenvalue weighted by molar-refractivity contribution is 5.25. The predicted molar refractivity (Wildman–Crippen MR) is 83.9 cm³/mol. The van der Waals surface area contributed by atoms with Crippen LogP contribution in [0.3, 0.4) is 0 Å². The Morgan fingerprint density at radius 3 is 2.70 bits per heavy atom. The van der Waals surface area contributed by atoms with Gasteiger partial charge in [0.15, 0.2) is 0 Å². The van der Waals surface area contributed by atoms with E-state index in [0.29, 0.717) is 0 Å². The van der Waals surface area contributed by atoms with E-state index in [1.807, 2.05) is 0 Å². The van der Waals surface area contributed by atoms with Crippen LogP contribution in [0.2, 0.25) is 0 Å². The molecule has 1 aliphatic rings. The van der Waals surface area contributed by atoms with E-state index in [1.54, 1.807) is 7.11 Å². The van der Waals surface area contributed by atoms with Crippen LogP contribution in [0.25, 0.3) is 0 Å². The fourth-order valence-electron chi connectivity index (χ4n) is 2.86. The van der Waals surface area contributed by atoms with Gasteiger partial charge in [-0.05, 0) is 56.4 Å². The molecule has 1 N–H and O–H groups in total. The minimum Gasteiger partial charge on any atom is -0.383 e. The molecule has 1 aromatic carbocycles. The van der Waals surface area contributed by atoms with Gasteiger partial charge in [-0.2, -0.15) is 0 Å². The number of nitrogens with one attached hydrogen (secondary N) is 1. The van der Waals surface area contributed by atoms with Crippen LogP contribution in [0.1, 0.15) is 24.0 Å². The largest absolute Gasteiger partial charge is 0.383 e. The maximum atomic E-state index is 5.06. The Morgan fingerprint density at radius 1 is 1.25 bits per heavy atom. The van der Waals surface area contributed by atoms with Gasteiger partial charge in [0.25, 0.3) is 0 Å². The van der Waals surface area contributed by atoms with E-state index < -0.39 is 0 Å². The average molecular weight is 276 g/mol. The van der Waals surface area contributed by atoms with Crippen LogP contribution in [0.15, 0.2) is 24.3 Å². The monoisotopic (exact) mass is 276 g/mol. The van der Waals surface area contributed by atoms with Crippen molar-refractivity contribution in [1.82, 2.24) is 10.2 Å². The van der Waals surface area contributed by atoms with E-state index in [0.717, 1.165) is 32.2 Å². The zero-order chi connectivity index (χ0) is 14.2. The second kappa shape index (κ2) is 8.40. The zero-order valence-corrected chi connectivity index (χ0v) is 12.9. The van der Waals surface area contributed by atoms with Gasteiger partial charge in [-0.3, -0.25) is 4.90 Å². The zero-order valence-electron chi connectivity index (χ0n) is 12.9. The summed E-state index contributed by atoms with van der Waals surface area (Å²) >= 11 is 0. The molecule has 0 unspecified atom stereocenters. The number of rotatable bonds is 7. The highest BCUT2D eigenvalue weighted by atomic mass is 16.5. The minimum absolute atomic E-state index is 0.812. The van der Waals surface area contributed by atoms with Gasteiger partial charge in [-0.25, -0.2) is 0 Å². The van der Waals surface area contributed by atoms with Crippen molar-refractivity contribution >= 4 is 0 Å². The number of hydrogen-bond donors (Lipinski definition) is 1. The van der Waals surface area contributed by atoms with E-state index in [1.165, 1.54) is 37.1 Å². The molecule has 0 atom stereocenters. The number of ether oxygens (including phenoxy) is 1. The van der Waals surface area contributed by atoms with Crippen molar-refractivity contribution in [2.45, 2.75) is 26.3 Å². The van der Waals surface area contributed by atoms with Gasteiger partial charge >= 0.3 is 0 Å². The highest BCUT2D eigenvalue weighted by Crippen LogP contribution is 2.19. The molecule has 0 aromatic heterocycles. The Bertz CT molecular complexity index is 386. The van der Waals surface area contributed by atoms with E-state index >= 15 is 0 Å². The van der Waals surface area contributed by atoms with Crippen LogP contribution in [0, 0.1) is 12.8 Å². The molecule has 1 aromatic rings. The van der Waals surface area contributed by atoms with Crippen molar-refractivity contribution in [1.29, 1.82) is 0 Å². The van der Waals surface area contributed by atoms with Crippen molar-refractivity contribution < 1.29 is 4.74 Å². The number of piperidine rings is 1. The molecule has 0 bridgehead atoms. The molecule has 0 saturated carbocycles. The predicted octanol–water partition coefficient (Wildman–Crippen LogP) is 2.44. The molecule has 1 heterocycles. The summed E-state index contributed by atoms with van der Waals surface area (Å²) in [4.78, 5) is 2.59. The molecule has 1 fully saturated rings. The molecule has 0 aliphatic carbocycles. The van der Waals surface area contributed by atoms with Crippen molar-refractivity contribution in [3.63, 3.8) is 0 Å². The number of benzene rings is 1. The Labute approximate surface area is 123 Å². The second-order valence-electron chi connectivity index (χ2n) is 5.84. The molecular weight excluding hydrogens is 248 g/mol. The topological polar surface area (TPSA) is 24.5 Å². The Kier molecular flexibility index (Phi) is 6.51. The molecule has 3 nitrogen and oxygen atoms in total. The van der Waals surface area contributed by atoms with Crippen LogP contribution >= 0.6 is 0 Å². The van der Waals surface area contributed by atoms with Crippen LogP contribution in [-0.4, -0.2) is 44.8 Å². The maximum absolute atomic E-state index is 5.06. The van der Waals surface area contributed by atoms with Crippen LogP contribution < -0.4 is 5.32 Å². The number of nitrogens with zero attached hydrogens (tertiary/aromatic N) is 1. The number of methoxy groups -OCH3 is 1. The second-order valence-corrected chi connectivity index (χ2v) is 5.84. The summed E-state index contributed by atoms with van der Waals surface area (Å²) in [7, 11) is 1.76. The summed E-state index contributed by atoms with van der Waals surface area (Å²) in [6, 6.07) is 8.74. The van der Waals surface area contributed by atoms with Gasteiger partial charge in [-0.15, -0.1) is 0 Å². The van der Waals surface area contributed by atoms with Crippen LogP contribution in [0.4, 0.5) is 0 Å². The van der Waals surface area contributed by atoms with Crippen molar-refractivity contribution in [2.75, 3.05) is 39.9 Å². The summed E-state index contributed by atoms with van der Waals surface area (Å²) in [5, 5.41) is 3.49. The fraction of sp³-hybridized carbons (Fsp3) is 0.647. The standard InChI is InChI=1S/C17H28N2O/c1-15-5-3-4-6-17(15)14-19-10-7-16(8-11-19)13-18-9-12-20-2/h3-6,16,18H,7-14H2,1-2H3.